The number of carbonyl (C=O) groups excluding carboxylic acids is 1. The molecule has 130 valence electrons. The number of aromatic nitrogens is 2. The fourth-order valence-corrected chi connectivity index (χ4v) is 4.18. The summed E-state index contributed by atoms with van der Waals surface area (Å²) in [6.45, 7) is 6.25. The largest absolute Gasteiger partial charge is 0.322 e. The summed E-state index contributed by atoms with van der Waals surface area (Å²) in [5, 5.41) is 11.5. The standard InChI is InChI=1S/C20H24N4O/c1-12-8-16-11-17(9-12)24(16)20(25)21-15-6-4-13(2)18(10-15)19-7-5-14(3)22-23-19/h4-7,10,12,16-17H,8-9,11H2,1-3H3,(H,21,25). The van der Waals surface area contributed by atoms with E-state index < -0.39 is 0 Å². The van der Waals surface area contributed by atoms with E-state index in [0.29, 0.717) is 12.1 Å². The molecular weight excluding hydrogens is 312 g/mol. The second kappa shape index (κ2) is 6.14. The molecule has 3 heterocycles. The van der Waals surface area contributed by atoms with Gasteiger partial charge in [-0.15, -0.1) is 0 Å². The van der Waals surface area contributed by atoms with Gasteiger partial charge < -0.3 is 10.2 Å². The fourth-order valence-electron chi connectivity index (χ4n) is 4.18. The highest BCUT2D eigenvalue weighted by Crippen LogP contribution is 2.41. The van der Waals surface area contributed by atoms with Crippen molar-refractivity contribution in [2.24, 2.45) is 5.92 Å². The molecule has 2 saturated heterocycles. The lowest BCUT2D eigenvalue weighted by molar-refractivity contribution is -0.00600. The Morgan fingerprint density at radius 1 is 1.08 bits per heavy atom. The topological polar surface area (TPSA) is 58.1 Å². The van der Waals surface area contributed by atoms with E-state index in [9.17, 15) is 4.79 Å². The maximum absolute atomic E-state index is 12.7. The molecule has 0 radical (unpaired) electrons. The Kier molecular flexibility index (Phi) is 3.94. The number of piperidine rings is 1. The number of rotatable bonds is 2. The molecule has 2 aromatic rings. The Bertz CT molecular complexity index is 790. The van der Waals surface area contributed by atoms with E-state index in [1.54, 1.807) is 0 Å². The highest BCUT2D eigenvalue weighted by Gasteiger charge is 2.46. The van der Waals surface area contributed by atoms with Gasteiger partial charge in [0.15, 0.2) is 0 Å². The Hall–Kier alpha value is -2.43. The first-order valence-electron chi connectivity index (χ1n) is 9.02. The summed E-state index contributed by atoms with van der Waals surface area (Å²) in [5.41, 5.74) is 4.65. The number of urea groups is 1. The van der Waals surface area contributed by atoms with E-state index in [4.69, 9.17) is 0 Å². The van der Waals surface area contributed by atoms with E-state index in [1.807, 2.05) is 49.1 Å². The summed E-state index contributed by atoms with van der Waals surface area (Å²) in [5.74, 6) is 0.735. The van der Waals surface area contributed by atoms with Crippen LogP contribution in [-0.2, 0) is 0 Å². The molecule has 0 saturated carbocycles. The van der Waals surface area contributed by atoms with Crippen LogP contribution in [0.2, 0.25) is 0 Å². The van der Waals surface area contributed by atoms with Crippen molar-refractivity contribution < 1.29 is 4.79 Å². The number of aryl methyl sites for hydroxylation is 2. The molecule has 4 rings (SSSR count). The molecule has 0 aliphatic carbocycles. The third kappa shape index (κ3) is 2.99. The normalized spacial score (nSPS) is 24.6. The van der Waals surface area contributed by atoms with Gasteiger partial charge in [-0.1, -0.05) is 13.0 Å². The quantitative estimate of drug-likeness (QED) is 0.895. The van der Waals surface area contributed by atoms with Crippen molar-refractivity contribution in [2.45, 2.75) is 52.1 Å². The summed E-state index contributed by atoms with van der Waals surface area (Å²) in [6.07, 6.45) is 3.42. The number of carbonyl (C=O) groups is 1. The molecule has 5 nitrogen and oxygen atoms in total. The summed E-state index contributed by atoms with van der Waals surface area (Å²) in [6, 6.07) is 10.8. The van der Waals surface area contributed by atoms with Crippen molar-refractivity contribution in [1.29, 1.82) is 0 Å². The van der Waals surface area contributed by atoms with Crippen LogP contribution in [0.15, 0.2) is 30.3 Å². The first kappa shape index (κ1) is 16.1. The van der Waals surface area contributed by atoms with Crippen molar-refractivity contribution in [3.63, 3.8) is 0 Å². The Balaban J connectivity index is 1.53. The van der Waals surface area contributed by atoms with Gasteiger partial charge in [0.05, 0.1) is 11.4 Å². The molecule has 2 fully saturated rings. The number of hydrogen-bond acceptors (Lipinski definition) is 3. The van der Waals surface area contributed by atoms with Crippen LogP contribution in [-0.4, -0.2) is 33.2 Å². The van der Waals surface area contributed by atoms with Crippen LogP contribution in [0.5, 0.6) is 0 Å². The minimum absolute atomic E-state index is 0.0259. The van der Waals surface area contributed by atoms with Crippen molar-refractivity contribution >= 4 is 11.7 Å². The maximum Gasteiger partial charge on any atom is 0.322 e. The molecular formula is C20H24N4O. The predicted octanol–water partition coefficient (Wildman–Crippen LogP) is 4.17. The van der Waals surface area contributed by atoms with Crippen LogP contribution in [0, 0.1) is 19.8 Å². The number of amides is 2. The number of anilines is 1. The second-order valence-electron chi connectivity index (χ2n) is 7.55. The fraction of sp³-hybridized carbons (Fsp3) is 0.450. The van der Waals surface area contributed by atoms with Gasteiger partial charge >= 0.3 is 6.03 Å². The van der Waals surface area contributed by atoms with E-state index in [2.05, 4.69) is 22.4 Å². The zero-order chi connectivity index (χ0) is 17.6. The first-order chi connectivity index (χ1) is 12.0. The molecule has 2 atom stereocenters. The van der Waals surface area contributed by atoms with Gasteiger partial charge in [0.25, 0.3) is 0 Å². The summed E-state index contributed by atoms with van der Waals surface area (Å²) in [4.78, 5) is 14.7. The number of nitrogens with one attached hydrogen (secondary N) is 1. The minimum Gasteiger partial charge on any atom is -0.318 e. The van der Waals surface area contributed by atoms with Gasteiger partial charge in [-0.3, -0.25) is 0 Å². The van der Waals surface area contributed by atoms with Crippen LogP contribution in [0.3, 0.4) is 0 Å². The smallest absolute Gasteiger partial charge is 0.318 e. The van der Waals surface area contributed by atoms with Crippen molar-refractivity contribution in [3.8, 4) is 11.3 Å². The van der Waals surface area contributed by atoms with Crippen LogP contribution < -0.4 is 5.32 Å². The molecule has 0 spiro atoms. The van der Waals surface area contributed by atoms with Gasteiger partial charge in [0.2, 0.25) is 0 Å². The van der Waals surface area contributed by atoms with Crippen LogP contribution in [0.4, 0.5) is 10.5 Å². The SMILES string of the molecule is Cc1ccc(-c2cc(NC(=O)N3C4CC(C)CC3C4)ccc2C)nn1. The first-order valence-corrected chi connectivity index (χ1v) is 9.02. The Morgan fingerprint density at radius 2 is 1.84 bits per heavy atom. The van der Waals surface area contributed by atoms with Gasteiger partial charge in [-0.2, -0.15) is 10.2 Å². The number of nitrogens with zero attached hydrogens (tertiary/aromatic N) is 3. The molecule has 5 heteroatoms. The average molecular weight is 336 g/mol. The maximum atomic E-state index is 12.7. The molecule has 2 amide bonds. The summed E-state index contributed by atoms with van der Waals surface area (Å²) in [7, 11) is 0. The number of hydrogen-bond donors (Lipinski definition) is 1. The van der Waals surface area contributed by atoms with Crippen molar-refractivity contribution in [2.75, 3.05) is 5.32 Å². The molecule has 2 aliphatic rings. The predicted molar refractivity (Wildman–Crippen MR) is 98.4 cm³/mol. The van der Waals surface area contributed by atoms with Crippen LogP contribution in [0.1, 0.15) is 37.4 Å². The molecule has 1 aromatic carbocycles. The minimum atomic E-state index is 0.0259. The van der Waals surface area contributed by atoms with Gasteiger partial charge in [0, 0.05) is 23.3 Å². The highest BCUT2D eigenvalue weighted by molar-refractivity contribution is 5.91. The molecule has 25 heavy (non-hydrogen) atoms. The summed E-state index contributed by atoms with van der Waals surface area (Å²) < 4.78 is 0. The van der Waals surface area contributed by atoms with E-state index in [-0.39, 0.29) is 6.03 Å². The molecule has 1 aromatic heterocycles. The van der Waals surface area contributed by atoms with E-state index in [1.165, 1.54) is 0 Å². The third-order valence-electron chi connectivity index (χ3n) is 5.48. The molecule has 2 aliphatic heterocycles. The van der Waals surface area contributed by atoms with Gasteiger partial charge in [-0.25, -0.2) is 4.79 Å². The van der Waals surface area contributed by atoms with Crippen LogP contribution in [0.25, 0.3) is 11.3 Å². The van der Waals surface area contributed by atoms with Gasteiger partial charge in [-0.05, 0) is 68.9 Å². The highest BCUT2D eigenvalue weighted by atomic mass is 16.2. The lowest BCUT2D eigenvalue weighted by atomic mass is 9.74. The Morgan fingerprint density at radius 3 is 2.52 bits per heavy atom. The third-order valence-corrected chi connectivity index (χ3v) is 5.48. The van der Waals surface area contributed by atoms with E-state index in [0.717, 1.165) is 53.4 Å². The second-order valence-corrected chi connectivity index (χ2v) is 7.55. The molecule has 1 N–H and O–H groups in total. The zero-order valence-electron chi connectivity index (χ0n) is 15.0. The monoisotopic (exact) mass is 336 g/mol. The van der Waals surface area contributed by atoms with Gasteiger partial charge in [0.1, 0.15) is 0 Å². The zero-order valence-corrected chi connectivity index (χ0v) is 15.0. The number of benzene rings is 1. The lowest BCUT2D eigenvalue weighted by Crippen LogP contribution is -2.63. The summed E-state index contributed by atoms with van der Waals surface area (Å²) >= 11 is 0. The molecule has 2 bridgehead atoms. The van der Waals surface area contributed by atoms with Crippen LogP contribution >= 0.6 is 0 Å². The molecule has 2 unspecified atom stereocenters. The van der Waals surface area contributed by atoms with E-state index >= 15 is 0 Å². The lowest BCUT2D eigenvalue weighted by Gasteiger charge is -2.54. The van der Waals surface area contributed by atoms with Crippen molar-refractivity contribution in [1.82, 2.24) is 15.1 Å². The number of fused-ring (bicyclic) bond motifs is 2. The average Bonchev–Trinajstić information content (AvgIpc) is 2.57. The Labute approximate surface area is 148 Å². The van der Waals surface area contributed by atoms with Crippen molar-refractivity contribution in [3.05, 3.63) is 41.6 Å².